The van der Waals surface area contributed by atoms with Gasteiger partial charge < -0.3 is 4.52 Å². The molecule has 0 saturated heterocycles. The van der Waals surface area contributed by atoms with Crippen LogP contribution in [-0.4, -0.2) is 10.1 Å². The zero-order valence-corrected chi connectivity index (χ0v) is 13.0. The Balaban J connectivity index is 2.07. The first-order chi connectivity index (χ1) is 9.49. The first-order valence-corrected chi connectivity index (χ1v) is 7.20. The molecule has 1 N–H and O–H groups in total. The van der Waals surface area contributed by atoms with Crippen LogP contribution in [0.4, 0.5) is 0 Å². The highest BCUT2D eigenvalue weighted by Gasteiger charge is 2.19. The fourth-order valence-corrected chi connectivity index (χ4v) is 2.32. The second-order valence-electron chi connectivity index (χ2n) is 5.28. The summed E-state index contributed by atoms with van der Waals surface area (Å²) in [5.74, 6) is 1.60. The molecule has 2 aromatic rings. The second kappa shape index (κ2) is 6.37. The Hall–Kier alpha value is -1.39. The van der Waals surface area contributed by atoms with Crippen LogP contribution in [0.25, 0.3) is 0 Å². The molecule has 0 amide bonds. The number of benzene rings is 1. The Morgan fingerprint density at radius 1 is 1.10 bits per heavy atom. The summed E-state index contributed by atoms with van der Waals surface area (Å²) in [6.07, 6.45) is 0. The third-order valence-electron chi connectivity index (χ3n) is 3.22. The van der Waals surface area contributed by atoms with Crippen LogP contribution >= 0.6 is 11.6 Å². The van der Waals surface area contributed by atoms with E-state index >= 15 is 0 Å². The van der Waals surface area contributed by atoms with E-state index in [0.29, 0.717) is 5.89 Å². The molecule has 0 aliphatic carbocycles. The average Bonchev–Trinajstić information content (AvgIpc) is 2.88. The molecule has 0 spiro atoms. The van der Waals surface area contributed by atoms with Gasteiger partial charge in [0.1, 0.15) is 0 Å². The topological polar surface area (TPSA) is 51.0 Å². The summed E-state index contributed by atoms with van der Waals surface area (Å²) in [6, 6.07) is 7.89. The summed E-state index contributed by atoms with van der Waals surface area (Å²) < 4.78 is 5.30. The standard InChI is InChI=1S/C15H20ClN3O/c1-9(2)14-18-15(20-19-14)11(4)17-10(3)12-7-5-6-8-13(12)16/h5-11,17H,1-4H3/t10-,11-/m0/s1. The van der Waals surface area contributed by atoms with E-state index in [1.165, 1.54) is 0 Å². The number of nitrogens with zero attached hydrogens (tertiary/aromatic N) is 2. The summed E-state index contributed by atoms with van der Waals surface area (Å²) in [7, 11) is 0. The molecule has 108 valence electrons. The fraction of sp³-hybridized carbons (Fsp3) is 0.467. The third-order valence-corrected chi connectivity index (χ3v) is 3.56. The lowest BCUT2D eigenvalue weighted by Gasteiger charge is -2.18. The highest BCUT2D eigenvalue weighted by atomic mass is 35.5. The second-order valence-corrected chi connectivity index (χ2v) is 5.68. The molecule has 0 aliphatic rings. The summed E-state index contributed by atoms with van der Waals surface area (Å²) in [4.78, 5) is 4.41. The lowest BCUT2D eigenvalue weighted by Crippen LogP contribution is -2.23. The largest absolute Gasteiger partial charge is 0.338 e. The molecule has 1 aromatic heterocycles. The van der Waals surface area contributed by atoms with Gasteiger partial charge in [-0.2, -0.15) is 4.98 Å². The van der Waals surface area contributed by atoms with E-state index in [1.54, 1.807) is 0 Å². The van der Waals surface area contributed by atoms with Gasteiger partial charge in [-0.25, -0.2) is 0 Å². The molecule has 2 rings (SSSR count). The number of nitrogens with one attached hydrogen (secondary N) is 1. The van der Waals surface area contributed by atoms with Crippen LogP contribution in [0.5, 0.6) is 0 Å². The van der Waals surface area contributed by atoms with Crippen LogP contribution in [-0.2, 0) is 0 Å². The summed E-state index contributed by atoms with van der Waals surface area (Å²) in [5.41, 5.74) is 1.06. The van der Waals surface area contributed by atoms with E-state index < -0.39 is 0 Å². The third kappa shape index (κ3) is 3.38. The molecular weight excluding hydrogens is 274 g/mol. The lowest BCUT2D eigenvalue weighted by molar-refractivity contribution is 0.324. The van der Waals surface area contributed by atoms with E-state index in [-0.39, 0.29) is 18.0 Å². The maximum Gasteiger partial charge on any atom is 0.243 e. The summed E-state index contributed by atoms with van der Waals surface area (Å²) in [6.45, 7) is 8.15. The van der Waals surface area contributed by atoms with Gasteiger partial charge in [0, 0.05) is 17.0 Å². The van der Waals surface area contributed by atoms with E-state index in [0.717, 1.165) is 16.4 Å². The van der Waals surface area contributed by atoms with Crippen LogP contribution in [0.15, 0.2) is 28.8 Å². The molecule has 0 bridgehead atoms. The van der Waals surface area contributed by atoms with Gasteiger partial charge in [0.2, 0.25) is 5.89 Å². The first-order valence-electron chi connectivity index (χ1n) is 6.83. The molecule has 4 nitrogen and oxygen atoms in total. The minimum absolute atomic E-state index is 0.0266. The van der Waals surface area contributed by atoms with Gasteiger partial charge >= 0.3 is 0 Å². The first kappa shape index (κ1) is 15.0. The quantitative estimate of drug-likeness (QED) is 0.895. The van der Waals surface area contributed by atoms with Crippen molar-refractivity contribution in [3.63, 3.8) is 0 Å². The van der Waals surface area contributed by atoms with Crippen LogP contribution in [0.3, 0.4) is 0 Å². The van der Waals surface area contributed by atoms with Crippen molar-refractivity contribution in [2.75, 3.05) is 0 Å². The molecule has 0 saturated carbocycles. The van der Waals surface area contributed by atoms with Crippen LogP contribution in [0.2, 0.25) is 5.02 Å². The predicted octanol–water partition coefficient (Wildman–Crippen LogP) is 4.26. The van der Waals surface area contributed by atoms with Crippen molar-refractivity contribution in [1.82, 2.24) is 15.5 Å². The Bertz CT molecular complexity index is 568. The zero-order chi connectivity index (χ0) is 14.7. The summed E-state index contributed by atoms with van der Waals surface area (Å²) >= 11 is 6.20. The van der Waals surface area contributed by atoms with E-state index in [4.69, 9.17) is 16.1 Å². The highest BCUT2D eigenvalue weighted by molar-refractivity contribution is 6.31. The molecular formula is C15H20ClN3O. The van der Waals surface area contributed by atoms with E-state index in [2.05, 4.69) is 22.4 Å². The Kier molecular flexibility index (Phi) is 4.78. The summed E-state index contributed by atoms with van der Waals surface area (Å²) in [5, 5.41) is 8.16. The van der Waals surface area contributed by atoms with Crippen LogP contribution < -0.4 is 5.32 Å². The molecule has 0 fully saturated rings. The molecule has 0 unspecified atom stereocenters. The Morgan fingerprint density at radius 3 is 2.40 bits per heavy atom. The molecule has 5 heteroatoms. The van der Waals surface area contributed by atoms with Gasteiger partial charge in [0.25, 0.3) is 0 Å². The Morgan fingerprint density at radius 2 is 1.80 bits per heavy atom. The van der Waals surface area contributed by atoms with Crippen molar-refractivity contribution < 1.29 is 4.52 Å². The SMILES string of the molecule is CC(C)c1noc([C@H](C)N[C@@H](C)c2ccccc2Cl)n1. The number of halogens is 1. The van der Waals surface area contributed by atoms with Gasteiger partial charge in [-0.15, -0.1) is 0 Å². The van der Waals surface area contributed by atoms with E-state index in [1.807, 2.05) is 45.0 Å². The van der Waals surface area contributed by atoms with Crippen molar-refractivity contribution in [3.8, 4) is 0 Å². The normalized spacial score (nSPS) is 14.5. The van der Waals surface area contributed by atoms with Crippen molar-refractivity contribution in [3.05, 3.63) is 46.6 Å². The van der Waals surface area contributed by atoms with E-state index in [9.17, 15) is 0 Å². The number of aromatic nitrogens is 2. The molecule has 2 atom stereocenters. The maximum atomic E-state index is 6.20. The maximum absolute atomic E-state index is 6.20. The van der Waals surface area contributed by atoms with Crippen molar-refractivity contribution in [2.24, 2.45) is 0 Å². The number of hydrogen-bond donors (Lipinski definition) is 1. The molecule has 1 aromatic carbocycles. The average molecular weight is 294 g/mol. The van der Waals surface area contributed by atoms with Gasteiger partial charge in [-0.05, 0) is 25.5 Å². The van der Waals surface area contributed by atoms with Gasteiger partial charge in [0.05, 0.1) is 6.04 Å². The molecule has 20 heavy (non-hydrogen) atoms. The molecule has 0 radical (unpaired) electrons. The number of rotatable bonds is 5. The lowest BCUT2D eigenvalue weighted by atomic mass is 10.1. The van der Waals surface area contributed by atoms with Crippen molar-refractivity contribution in [2.45, 2.75) is 45.7 Å². The molecule has 1 heterocycles. The fourth-order valence-electron chi connectivity index (χ4n) is 2.02. The minimum atomic E-state index is -0.0266. The van der Waals surface area contributed by atoms with Crippen LogP contribution in [0, 0.1) is 0 Å². The van der Waals surface area contributed by atoms with Crippen LogP contribution in [0.1, 0.15) is 63.0 Å². The van der Waals surface area contributed by atoms with Crippen molar-refractivity contribution in [1.29, 1.82) is 0 Å². The monoisotopic (exact) mass is 293 g/mol. The van der Waals surface area contributed by atoms with Crippen molar-refractivity contribution >= 4 is 11.6 Å². The van der Waals surface area contributed by atoms with Gasteiger partial charge in [-0.1, -0.05) is 48.8 Å². The highest BCUT2D eigenvalue weighted by Crippen LogP contribution is 2.25. The minimum Gasteiger partial charge on any atom is -0.338 e. The van der Waals surface area contributed by atoms with Gasteiger partial charge in [0.15, 0.2) is 5.82 Å². The smallest absolute Gasteiger partial charge is 0.243 e. The predicted molar refractivity (Wildman–Crippen MR) is 79.8 cm³/mol. The zero-order valence-electron chi connectivity index (χ0n) is 12.2. The van der Waals surface area contributed by atoms with Gasteiger partial charge in [-0.3, -0.25) is 5.32 Å². The Labute approximate surface area is 124 Å². The number of hydrogen-bond acceptors (Lipinski definition) is 4. The molecule has 0 aliphatic heterocycles.